The van der Waals surface area contributed by atoms with Crippen molar-refractivity contribution in [1.29, 1.82) is 0 Å². The fraction of sp³-hybridized carbons (Fsp3) is 0.0714. The molecule has 2 N–H and O–H groups in total. The summed E-state index contributed by atoms with van der Waals surface area (Å²) >= 11 is 15.1. The van der Waals surface area contributed by atoms with E-state index in [4.69, 9.17) is 23.2 Å². The maximum atomic E-state index is 11.8. The van der Waals surface area contributed by atoms with Crippen molar-refractivity contribution in [2.75, 3.05) is 5.32 Å². The molecule has 0 aliphatic carbocycles. The number of nitrogens with one attached hydrogen (secondary N) is 2. The third-order valence-corrected chi connectivity index (χ3v) is 3.62. The topological polar surface area (TPSA) is 41.1 Å². The monoisotopic (exact) mass is 372 g/mol. The molecule has 0 radical (unpaired) electrons. The van der Waals surface area contributed by atoms with Crippen LogP contribution in [0.2, 0.25) is 10.0 Å². The molecular weight excluding hydrogens is 363 g/mol. The van der Waals surface area contributed by atoms with Crippen molar-refractivity contribution < 1.29 is 4.79 Å². The van der Waals surface area contributed by atoms with Crippen LogP contribution in [0.25, 0.3) is 0 Å². The van der Waals surface area contributed by atoms with Gasteiger partial charge in [-0.1, -0.05) is 51.3 Å². The summed E-state index contributed by atoms with van der Waals surface area (Å²) in [5.74, 6) is 0. The van der Waals surface area contributed by atoms with Gasteiger partial charge in [-0.2, -0.15) is 0 Å². The number of rotatable bonds is 3. The fourth-order valence-electron chi connectivity index (χ4n) is 1.54. The van der Waals surface area contributed by atoms with E-state index in [2.05, 4.69) is 26.6 Å². The summed E-state index contributed by atoms with van der Waals surface area (Å²) < 4.78 is 0.999. The van der Waals surface area contributed by atoms with Crippen molar-refractivity contribution in [3.8, 4) is 0 Å². The first-order chi connectivity index (χ1) is 9.54. The first kappa shape index (κ1) is 15.2. The molecule has 104 valence electrons. The minimum Gasteiger partial charge on any atom is -0.334 e. The third kappa shape index (κ3) is 4.40. The largest absolute Gasteiger partial charge is 0.334 e. The minimum atomic E-state index is -0.322. The molecule has 0 fully saturated rings. The zero-order valence-electron chi connectivity index (χ0n) is 10.3. The standard InChI is InChI=1S/C14H11BrCl2N2O/c15-10-3-1-9(2-4-10)8-18-14(20)19-13-6-5-11(16)7-12(13)17/h1-7H,8H2,(H2,18,19,20). The highest BCUT2D eigenvalue weighted by Crippen LogP contribution is 2.25. The van der Waals surface area contributed by atoms with Crippen molar-refractivity contribution in [3.05, 3.63) is 62.5 Å². The lowest BCUT2D eigenvalue weighted by atomic mass is 10.2. The molecule has 0 spiro atoms. The second-order valence-corrected chi connectivity index (χ2v) is 5.82. The van der Waals surface area contributed by atoms with Crippen LogP contribution >= 0.6 is 39.1 Å². The smallest absolute Gasteiger partial charge is 0.319 e. The van der Waals surface area contributed by atoms with Gasteiger partial charge in [-0.05, 0) is 35.9 Å². The Morgan fingerprint density at radius 3 is 2.45 bits per heavy atom. The SMILES string of the molecule is O=C(NCc1ccc(Br)cc1)Nc1ccc(Cl)cc1Cl. The van der Waals surface area contributed by atoms with Crippen molar-refractivity contribution in [2.24, 2.45) is 0 Å². The van der Waals surface area contributed by atoms with Crippen LogP contribution in [0.4, 0.5) is 10.5 Å². The highest BCUT2D eigenvalue weighted by molar-refractivity contribution is 9.10. The number of carbonyl (C=O) groups excluding carboxylic acids is 1. The predicted molar refractivity (Wildman–Crippen MR) is 86.5 cm³/mol. The second kappa shape index (κ2) is 6.97. The third-order valence-electron chi connectivity index (χ3n) is 2.55. The van der Waals surface area contributed by atoms with E-state index in [0.717, 1.165) is 10.0 Å². The molecule has 2 amide bonds. The number of hydrogen-bond donors (Lipinski definition) is 2. The highest BCUT2D eigenvalue weighted by atomic mass is 79.9. The summed E-state index contributed by atoms with van der Waals surface area (Å²) in [6, 6.07) is 12.3. The summed E-state index contributed by atoms with van der Waals surface area (Å²) in [7, 11) is 0. The molecule has 2 aromatic rings. The highest BCUT2D eigenvalue weighted by Gasteiger charge is 2.05. The van der Waals surface area contributed by atoms with Crippen LogP contribution in [0.1, 0.15) is 5.56 Å². The Balaban J connectivity index is 1.90. The van der Waals surface area contributed by atoms with E-state index in [-0.39, 0.29) is 6.03 Å². The molecule has 0 saturated carbocycles. The Morgan fingerprint density at radius 2 is 1.80 bits per heavy atom. The minimum absolute atomic E-state index is 0.322. The Labute approximate surface area is 135 Å². The molecule has 0 heterocycles. The molecule has 6 heteroatoms. The Morgan fingerprint density at radius 1 is 1.10 bits per heavy atom. The first-order valence-electron chi connectivity index (χ1n) is 5.79. The van der Waals surface area contributed by atoms with Gasteiger partial charge >= 0.3 is 6.03 Å². The summed E-state index contributed by atoms with van der Waals surface area (Å²) in [5, 5.41) is 6.34. The van der Waals surface area contributed by atoms with Crippen molar-refractivity contribution in [1.82, 2.24) is 5.32 Å². The number of amides is 2. The van der Waals surface area contributed by atoms with Gasteiger partial charge in [0.2, 0.25) is 0 Å². The number of urea groups is 1. The molecule has 0 aromatic heterocycles. The molecule has 2 aromatic carbocycles. The Kier molecular flexibility index (Phi) is 5.29. The van der Waals surface area contributed by atoms with Crippen LogP contribution in [0, 0.1) is 0 Å². The molecule has 0 saturated heterocycles. The molecule has 0 atom stereocenters. The van der Waals surface area contributed by atoms with E-state index in [0.29, 0.717) is 22.3 Å². The lowest BCUT2D eigenvalue weighted by Gasteiger charge is -2.09. The van der Waals surface area contributed by atoms with E-state index in [1.807, 2.05) is 24.3 Å². The molecule has 2 rings (SSSR count). The van der Waals surface area contributed by atoms with Crippen LogP contribution in [0.15, 0.2) is 46.9 Å². The van der Waals surface area contributed by atoms with Crippen LogP contribution < -0.4 is 10.6 Å². The van der Waals surface area contributed by atoms with E-state index >= 15 is 0 Å². The second-order valence-electron chi connectivity index (χ2n) is 4.06. The Hall–Kier alpha value is -1.23. The van der Waals surface area contributed by atoms with Gasteiger partial charge in [-0.3, -0.25) is 0 Å². The summed E-state index contributed by atoms with van der Waals surface area (Å²) in [6.07, 6.45) is 0. The van der Waals surface area contributed by atoms with Gasteiger partial charge in [-0.25, -0.2) is 4.79 Å². The molecule has 0 aliphatic heterocycles. The summed E-state index contributed by atoms with van der Waals surface area (Å²) in [6.45, 7) is 0.435. The molecule has 0 bridgehead atoms. The molecule has 3 nitrogen and oxygen atoms in total. The summed E-state index contributed by atoms with van der Waals surface area (Å²) in [5.41, 5.74) is 1.52. The van der Waals surface area contributed by atoms with Crippen molar-refractivity contribution in [2.45, 2.75) is 6.54 Å². The van der Waals surface area contributed by atoms with Crippen molar-refractivity contribution in [3.63, 3.8) is 0 Å². The van der Waals surface area contributed by atoms with Gasteiger partial charge in [0.25, 0.3) is 0 Å². The number of anilines is 1. The van der Waals surface area contributed by atoms with Crippen LogP contribution in [0.5, 0.6) is 0 Å². The lowest BCUT2D eigenvalue weighted by molar-refractivity contribution is 0.251. The maximum Gasteiger partial charge on any atom is 0.319 e. The molecule has 0 unspecified atom stereocenters. The lowest BCUT2D eigenvalue weighted by Crippen LogP contribution is -2.28. The maximum absolute atomic E-state index is 11.8. The van der Waals surface area contributed by atoms with Gasteiger partial charge < -0.3 is 10.6 Å². The zero-order chi connectivity index (χ0) is 14.5. The van der Waals surface area contributed by atoms with Crippen molar-refractivity contribution >= 4 is 50.9 Å². The van der Waals surface area contributed by atoms with E-state index < -0.39 is 0 Å². The fourth-order valence-corrected chi connectivity index (χ4v) is 2.26. The van der Waals surface area contributed by atoms with Gasteiger partial charge in [0.1, 0.15) is 0 Å². The molecule has 20 heavy (non-hydrogen) atoms. The number of hydrogen-bond acceptors (Lipinski definition) is 1. The average molecular weight is 374 g/mol. The van der Waals surface area contributed by atoms with Crippen LogP contribution in [0.3, 0.4) is 0 Å². The molecular formula is C14H11BrCl2N2O. The zero-order valence-corrected chi connectivity index (χ0v) is 13.4. The van der Waals surface area contributed by atoms with E-state index in [1.54, 1.807) is 18.2 Å². The summed E-state index contributed by atoms with van der Waals surface area (Å²) in [4.78, 5) is 11.8. The van der Waals surface area contributed by atoms with Crippen LogP contribution in [-0.2, 0) is 6.54 Å². The van der Waals surface area contributed by atoms with Gasteiger partial charge in [0.05, 0.1) is 10.7 Å². The van der Waals surface area contributed by atoms with Gasteiger partial charge in [0.15, 0.2) is 0 Å². The predicted octanol–water partition coefficient (Wildman–Crippen LogP) is 5.08. The average Bonchev–Trinajstić information content (AvgIpc) is 2.41. The Bertz CT molecular complexity index is 617. The number of halogens is 3. The molecule has 0 aliphatic rings. The van der Waals surface area contributed by atoms with E-state index in [9.17, 15) is 4.79 Å². The van der Waals surface area contributed by atoms with Gasteiger partial charge in [-0.15, -0.1) is 0 Å². The van der Waals surface area contributed by atoms with Gasteiger partial charge in [0, 0.05) is 16.0 Å². The number of benzene rings is 2. The first-order valence-corrected chi connectivity index (χ1v) is 7.34. The number of carbonyl (C=O) groups is 1. The quantitative estimate of drug-likeness (QED) is 0.773. The van der Waals surface area contributed by atoms with Crippen LogP contribution in [-0.4, -0.2) is 6.03 Å². The normalized spacial score (nSPS) is 10.2. The van der Waals surface area contributed by atoms with E-state index in [1.165, 1.54) is 0 Å².